The molecule has 0 aliphatic rings. The van der Waals surface area contributed by atoms with Crippen molar-refractivity contribution < 1.29 is 9.53 Å². The van der Waals surface area contributed by atoms with Crippen molar-refractivity contribution in [3.8, 4) is 0 Å². The molecule has 0 atom stereocenters. The molecular weight excluding hydrogens is 252 g/mol. The van der Waals surface area contributed by atoms with Crippen molar-refractivity contribution in [1.82, 2.24) is 9.88 Å². The van der Waals surface area contributed by atoms with Gasteiger partial charge in [-0.2, -0.15) is 0 Å². The molecule has 0 aliphatic carbocycles. The zero-order valence-electron chi connectivity index (χ0n) is 12.0. The third kappa shape index (κ3) is 4.10. The highest BCUT2D eigenvalue weighted by Crippen LogP contribution is 2.15. The first-order valence-corrected chi connectivity index (χ1v) is 7.19. The predicted octanol–water partition coefficient (Wildman–Crippen LogP) is 2.57. The van der Waals surface area contributed by atoms with Crippen LogP contribution < -0.4 is 5.32 Å². The summed E-state index contributed by atoms with van der Waals surface area (Å²) in [5, 5.41) is 4.13. The SMILES string of the molecule is CCOCCCNC(=O)CCn1ccc2ccccc21. The Morgan fingerprint density at radius 1 is 1.30 bits per heavy atom. The lowest BCUT2D eigenvalue weighted by Gasteiger charge is -2.07. The van der Waals surface area contributed by atoms with Crippen molar-refractivity contribution in [2.45, 2.75) is 26.3 Å². The Morgan fingerprint density at radius 3 is 3.00 bits per heavy atom. The van der Waals surface area contributed by atoms with Crippen LogP contribution in [0.4, 0.5) is 0 Å². The first-order chi connectivity index (χ1) is 9.81. The number of nitrogens with one attached hydrogen (secondary N) is 1. The highest BCUT2D eigenvalue weighted by atomic mass is 16.5. The van der Waals surface area contributed by atoms with Gasteiger partial charge in [-0.05, 0) is 30.9 Å². The summed E-state index contributed by atoms with van der Waals surface area (Å²) in [5.41, 5.74) is 1.18. The molecule has 0 spiro atoms. The molecule has 1 N–H and O–H groups in total. The number of benzene rings is 1. The van der Waals surface area contributed by atoms with Crippen molar-refractivity contribution in [3.05, 3.63) is 36.5 Å². The van der Waals surface area contributed by atoms with Gasteiger partial charge >= 0.3 is 0 Å². The van der Waals surface area contributed by atoms with E-state index in [-0.39, 0.29) is 5.91 Å². The highest BCUT2D eigenvalue weighted by Gasteiger charge is 2.03. The first-order valence-electron chi connectivity index (χ1n) is 7.19. The Bertz CT molecular complexity index is 548. The topological polar surface area (TPSA) is 43.3 Å². The predicted molar refractivity (Wildman–Crippen MR) is 80.7 cm³/mol. The van der Waals surface area contributed by atoms with Crippen molar-refractivity contribution in [2.75, 3.05) is 19.8 Å². The molecule has 4 heteroatoms. The van der Waals surface area contributed by atoms with E-state index >= 15 is 0 Å². The lowest BCUT2D eigenvalue weighted by molar-refractivity contribution is -0.121. The third-order valence-electron chi connectivity index (χ3n) is 3.25. The van der Waals surface area contributed by atoms with Crippen LogP contribution in [0.2, 0.25) is 0 Å². The second kappa shape index (κ2) is 7.70. The molecule has 0 fully saturated rings. The summed E-state index contributed by atoms with van der Waals surface area (Å²) in [6.07, 6.45) is 3.41. The van der Waals surface area contributed by atoms with Crippen molar-refractivity contribution in [2.24, 2.45) is 0 Å². The van der Waals surface area contributed by atoms with Crippen molar-refractivity contribution >= 4 is 16.8 Å². The molecule has 1 aromatic heterocycles. The Morgan fingerprint density at radius 2 is 2.15 bits per heavy atom. The average Bonchev–Trinajstić information content (AvgIpc) is 2.88. The second-order valence-corrected chi connectivity index (χ2v) is 4.72. The van der Waals surface area contributed by atoms with Gasteiger partial charge in [0.25, 0.3) is 0 Å². The molecule has 0 unspecified atom stereocenters. The van der Waals surface area contributed by atoms with E-state index in [0.29, 0.717) is 26.1 Å². The number of aryl methyl sites for hydroxylation is 1. The summed E-state index contributed by atoms with van der Waals surface area (Å²) >= 11 is 0. The molecule has 0 aliphatic heterocycles. The number of carbonyl (C=O) groups is 1. The van der Waals surface area contributed by atoms with E-state index in [4.69, 9.17) is 4.74 Å². The van der Waals surface area contributed by atoms with Gasteiger partial charge in [-0.25, -0.2) is 0 Å². The monoisotopic (exact) mass is 274 g/mol. The lowest BCUT2D eigenvalue weighted by Crippen LogP contribution is -2.26. The first kappa shape index (κ1) is 14.6. The highest BCUT2D eigenvalue weighted by molar-refractivity contribution is 5.80. The van der Waals surface area contributed by atoms with Gasteiger partial charge in [0.15, 0.2) is 0 Å². The standard InChI is InChI=1S/C16H22N2O2/c1-2-20-13-5-10-17-16(19)9-12-18-11-8-14-6-3-4-7-15(14)18/h3-4,6-8,11H,2,5,9-10,12-13H2,1H3,(H,17,19). The molecule has 1 aromatic carbocycles. The molecule has 1 heterocycles. The van der Waals surface area contributed by atoms with Crippen LogP contribution >= 0.6 is 0 Å². The molecule has 4 nitrogen and oxygen atoms in total. The van der Waals surface area contributed by atoms with Gasteiger partial charge in [0.1, 0.15) is 0 Å². The number of para-hydroxylation sites is 1. The third-order valence-corrected chi connectivity index (χ3v) is 3.25. The lowest BCUT2D eigenvalue weighted by atomic mass is 10.2. The van der Waals surface area contributed by atoms with Gasteiger partial charge in [-0.1, -0.05) is 18.2 Å². The normalized spacial score (nSPS) is 10.8. The molecular formula is C16H22N2O2. The number of hydrogen-bond donors (Lipinski definition) is 1. The Labute approximate surface area is 119 Å². The van der Waals surface area contributed by atoms with Crippen LogP contribution in [0.25, 0.3) is 10.9 Å². The zero-order valence-corrected chi connectivity index (χ0v) is 12.0. The van der Waals surface area contributed by atoms with E-state index in [9.17, 15) is 4.79 Å². The van der Waals surface area contributed by atoms with E-state index in [1.165, 1.54) is 10.9 Å². The minimum atomic E-state index is 0.0966. The van der Waals surface area contributed by atoms with Gasteiger partial charge in [0, 0.05) is 44.4 Å². The quantitative estimate of drug-likeness (QED) is 0.752. The van der Waals surface area contributed by atoms with Gasteiger partial charge in [-0.15, -0.1) is 0 Å². The number of rotatable bonds is 8. The molecule has 0 bridgehead atoms. The number of amides is 1. The van der Waals surface area contributed by atoms with Gasteiger partial charge in [0.05, 0.1) is 0 Å². The van der Waals surface area contributed by atoms with Crippen molar-refractivity contribution in [1.29, 1.82) is 0 Å². The fraction of sp³-hybridized carbons (Fsp3) is 0.438. The maximum Gasteiger partial charge on any atom is 0.221 e. The van der Waals surface area contributed by atoms with E-state index in [1.54, 1.807) is 0 Å². The number of fused-ring (bicyclic) bond motifs is 1. The molecule has 2 aromatic rings. The maximum absolute atomic E-state index is 11.7. The maximum atomic E-state index is 11.7. The number of carbonyl (C=O) groups excluding carboxylic acids is 1. The minimum Gasteiger partial charge on any atom is -0.382 e. The van der Waals surface area contributed by atoms with E-state index in [1.807, 2.05) is 25.3 Å². The summed E-state index contributed by atoms with van der Waals surface area (Å²) in [7, 11) is 0. The largest absolute Gasteiger partial charge is 0.382 e. The molecule has 0 radical (unpaired) electrons. The summed E-state index contributed by atoms with van der Waals surface area (Å²) < 4.78 is 7.35. The molecule has 0 saturated heterocycles. The Balaban J connectivity index is 1.73. The molecule has 1 amide bonds. The fourth-order valence-electron chi connectivity index (χ4n) is 2.19. The van der Waals surface area contributed by atoms with Gasteiger partial charge in [0.2, 0.25) is 5.91 Å². The smallest absolute Gasteiger partial charge is 0.221 e. The van der Waals surface area contributed by atoms with E-state index in [2.05, 4.69) is 28.1 Å². The average molecular weight is 274 g/mol. The van der Waals surface area contributed by atoms with Crippen LogP contribution in [-0.4, -0.2) is 30.2 Å². The second-order valence-electron chi connectivity index (χ2n) is 4.72. The molecule has 0 saturated carbocycles. The van der Waals surface area contributed by atoms with Crippen molar-refractivity contribution in [3.63, 3.8) is 0 Å². The van der Waals surface area contributed by atoms with Crippen LogP contribution in [0, 0.1) is 0 Å². The van der Waals surface area contributed by atoms with Gasteiger partial charge < -0.3 is 14.6 Å². The van der Waals surface area contributed by atoms with Crippen LogP contribution in [0.5, 0.6) is 0 Å². The number of ether oxygens (including phenoxy) is 1. The summed E-state index contributed by atoms with van der Waals surface area (Å²) in [5.74, 6) is 0.0966. The Hall–Kier alpha value is -1.81. The molecule has 20 heavy (non-hydrogen) atoms. The Kier molecular flexibility index (Phi) is 5.62. The van der Waals surface area contributed by atoms with Crippen LogP contribution in [0.3, 0.4) is 0 Å². The summed E-state index contributed by atoms with van der Waals surface area (Å²) in [4.78, 5) is 11.7. The fourth-order valence-corrected chi connectivity index (χ4v) is 2.19. The summed E-state index contributed by atoms with van der Waals surface area (Å²) in [6, 6.07) is 10.3. The number of aromatic nitrogens is 1. The van der Waals surface area contributed by atoms with Crippen LogP contribution in [0.15, 0.2) is 36.5 Å². The minimum absolute atomic E-state index is 0.0966. The zero-order chi connectivity index (χ0) is 14.2. The van der Waals surface area contributed by atoms with Gasteiger partial charge in [-0.3, -0.25) is 4.79 Å². The number of hydrogen-bond acceptors (Lipinski definition) is 2. The van der Waals surface area contributed by atoms with E-state index in [0.717, 1.165) is 13.0 Å². The molecule has 2 rings (SSSR count). The van der Waals surface area contributed by atoms with Crippen LogP contribution in [-0.2, 0) is 16.1 Å². The number of nitrogens with zero attached hydrogens (tertiary/aromatic N) is 1. The summed E-state index contributed by atoms with van der Waals surface area (Å²) in [6.45, 7) is 4.81. The molecule has 108 valence electrons. The van der Waals surface area contributed by atoms with E-state index < -0.39 is 0 Å². The van der Waals surface area contributed by atoms with Crippen LogP contribution in [0.1, 0.15) is 19.8 Å².